The fraction of sp³-hybridized carbons (Fsp3) is 0.280. The second-order valence-electron chi connectivity index (χ2n) is 7.56. The van der Waals surface area contributed by atoms with E-state index in [1.807, 2.05) is 43.5 Å². The van der Waals surface area contributed by atoms with Crippen molar-refractivity contribution in [2.24, 2.45) is 0 Å². The Morgan fingerprint density at radius 3 is 2.29 bits per heavy atom. The Morgan fingerprint density at radius 1 is 1.06 bits per heavy atom. The van der Waals surface area contributed by atoms with Crippen LogP contribution in [0.3, 0.4) is 0 Å². The molecule has 3 rings (SSSR count). The van der Waals surface area contributed by atoms with Crippen LogP contribution in [0.1, 0.15) is 32.3 Å². The van der Waals surface area contributed by atoms with Crippen LogP contribution < -0.4 is 10.1 Å². The molecule has 0 radical (unpaired) electrons. The standard InChI is InChI=1S/C25H29N3O4S2/c1-4-16-28(17-5-2)34(30,31)22-13-6-19(7-14-22)8-15-24(29)27-25-26-23(18-33-25)20-9-11-21(32-3)12-10-20/h6-15,18H,4-5,16-17H2,1-3H3,(H,26,27,29). The van der Waals surface area contributed by atoms with Crippen molar-refractivity contribution in [2.75, 3.05) is 25.5 Å². The molecule has 2 aromatic carbocycles. The molecule has 1 aromatic heterocycles. The minimum absolute atomic E-state index is 0.254. The number of sulfonamides is 1. The molecule has 180 valence electrons. The van der Waals surface area contributed by atoms with E-state index in [2.05, 4.69) is 10.3 Å². The number of ether oxygens (including phenoxy) is 1. The van der Waals surface area contributed by atoms with Crippen molar-refractivity contribution < 1.29 is 17.9 Å². The average Bonchev–Trinajstić information content (AvgIpc) is 3.31. The average molecular weight is 500 g/mol. The van der Waals surface area contributed by atoms with Crippen molar-refractivity contribution in [1.82, 2.24) is 9.29 Å². The number of amides is 1. The number of thiazole rings is 1. The van der Waals surface area contributed by atoms with E-state index in [1.54, 1.807) is 37.5 Å². The Morgan fingerprint density at radius 2 is 1.71 bits per heavy atom. The number of aromatic nitrogens is 1. The van der Waals surface area contributed by atoms with Gasteiger partial charge < -0.3 is 4.74 Å². The van der Waals surface area contributed by atoms with Crippen LogP contribution in [0.2, 0.25) is 0 Å². The van der Waals surface area contributed by atoms with Gasteiger partial charge in [0.25, 0.3) is 0 Å². The summed E-state index contributed by atoms with van der Waals surface area (Å²) in [5.41, 5.74) is 2.42. The molecule has 1 N–H and O–H groups in total. The number of rotatable bonds is 11. The quantitative estimate of drug-likeness (QED) is 0.363. The van der Waals surface area contributed by atoms with E-state index in [0.717, 1.165) is 35.4 Å². The first-order valence-electron chi connectivity index (χ1n) is 11.1. The van der Waals surface area contributed by atoms with Crippen molar-refractivity contribution >= 4 is 38.5 Å². The lowest BCUT2D eigenvalue weighted by Gasteiger charge is -2.21. The first kappa shape index (κ1) is 25.6. The lowest BCUT2D eigenvalue weighted by Crippen LogP contribution is -2.32. The Hall–Kier alpha value is -3.01. The summed E-state index contributed by atoms with van der Waals surface area (Å²) in [4.78, 5) is 17.0. The zero-order chi connectivity index (χ0) is 24.6. The van der Waals surface area contributed by atoms with Gasteiger partial charge in [0.2, 0.25) is 15.9 Å². The minimum Gasteiger partial charge on any atom is -0.497 e. The zero-order valence-electron chi connectivity index (χ0n) is 19.5. The van der Waals surface area contributed by atoms with Crippen molar-refractivity contribution in [3.8, 4) is 17.0 Å². The summed E-state index contributed by atoms with van der Waals surface area (Å²) in [5, 5.41) is 5.13. The van der Waals surface area contributed by atoms with E-state index in [-0.39, 0.29) is 10.8 Å². The number of hydrogen-bond acceptors (Lipinski definition) is 6. The number of nitrogens with one attached hydrogen (secondary N) is 1. The molecule has 0 fully saturated rings. The second kappa shape index (κ2) is 11.9. The van der Waals surface area contributed by atoms with E-state index in [9.17, 15) is 13.2 Å². The summed E-state index contributed by atoms with van der Waals surface area (Å²) < 4.78 is 32.4. The Labute approximate surface area is 205 Å². The molecule has 34 heavy (non-hydrogen) atoms. The van der Waals surface area contributed by atoms with Gasteiger partial charge in [-0.25, -0.2) is 13.4 Å². The summed E-state index contributed by atoms with van der Waals surface area (Å²) >= 11 is 1.34. The van der Waals surface area contributed by atoms with Gasteiger partial charge >= 0.3 is 0 Å². The van der Waals surface area contributed by atoms with Gasteiger partial charge in [-0.1, -0.05) is 26.0 Å². The lowest BCUT2D eigenvalue weighted by molar-refractivity contribution is -0.111. The number of carbonyl (C=O) groups excluding carboxylic acids is 1. The van der Waals surface area contributed by atoms with Crippen LogP contribution in [0.5, 0.6) is 5.75 Å². The third kappa shape index (κ3) is 6.53. The van der Waals surface area contributed by atoms with E-state index < -0.39 is 10.0 Å². The topological polar surface area (TPSA) is 88.6 Å². The molecule has 7 nitrogen and oxygen atoms in total. The molecule has 0 aliphatic carbocycles. The maximum absolute atomic E-state index is 12.9. The van der Waals surface area contributed by atoms with Gasteiger partial charge in [-0.3, -0.25) is 10.1 Å². The molecule has 1 amide bonds. The molecule has 0 saturated heterocycles. The van der Waals surface area contributed by atoms with Gasteiger partial charge in [-0.2, -0.15) is 4.31 Å². The van der Waals surface area contributed by atoms with Crippen molar-refractivity contribution in [3.63, 3.8) is 0 Å². The summed E-state index contributed by atoms with van der Waals surface area (Å²) in [5.74, 6) is 0.451. The number of benzene rings is 2. The summed E-state index contributed by atoms with van der Waals surface area (Å²) in [6.45, 7) is 4.91. The second-order valence-corrected chi connectivity index (χ2v) is 10.4. The third-order valence-corrected chi connectivity index (χ3v) is 7.68. The van der Waals surface area contributed by atoms with E-state index in [0.29, 0.717) is 18.2 Å². The van der Waals surface area contributed by atoms with Gasteiger partial charge in [0.15, 0.2) is 5.13 Å². The number of anilines is 1. The first-order valence-corrected chi connectivity index (χ1v) is 13.4. The van der Waals surface area contributed by atoms with E-state index >= 15 is 0 Å². The van der Waals surface area contributed by atoms with Gasteiger partial charge in [-0.15, -0.1) is 11.3 Å². The Bertz CT molecular complexity index is 1210. The molecule has 0 aliphatic rings. The monoisotopic (exact) mass is 499 g/mol. The van der Waals surface area contributed by atoms with Crippen LogP contribution in [0, 0.1) is 0 Å². The third-order valence-electron chi connectivity index (χ3n) is 5.01. The predicted molar refractivity (Wildman–Crippen MR) is 138 cm³/mol. The fourth-order valence-electron chi connectivity index (χ4n) is 3.30. The highest BCUT2D eigenvalue weighted by molar-refractivity contribution is 7.89. The van der Waals surface area contributed by atoms with Crippen LogP contribution in [-0.2, 0) is 14.8 Å². The molecule has 3 aromatic rings. The van der Waals surface area contributed by atoms with Crippen LogP contribution in [0.25, 0.3) is 17.3 Å². The fourth-order valence-corrected chi connectivity index (χ4v) is 5.64. The van der Waals surface area contributed by atoms with Crippen molar-refractivity contribution in [2.45, 2.75) is 31.6 Å². The molecule has 0 unspecified atom stereocenters. The molecule has 0 saturated carbocycles. The minimum atomic E-state index is -3.52. The largest absolute Gasteiger partial charge is 0.497 e. The van der Waals surface area contributed by atoms with Crippen molar-refractivity contribution in [1.29, 1.82) is 0 Å². The predicted octanol–water partition coefficient (Wildman–Crippen LogP) is 5.28. The van der Waals surface area contributed by atoms with Crippen LogP contribution in [0.4, 0.5) is 5.13 Å². The molecule has 9 heteroatoms. The van der Waals surface area contributed by atoms with E-state index in [4.69, 9.17) is 4.74 Å². The van der Waals surface area contributed by atoms with E-state index in [1.165, 1.54) is 21.7 Å². The molecular weight excluding hydrogens is 470 g/mol. The SMILES string of the molecule is CCCN(CCC)S(=O)(=O)c1ccc(C=CC(=O)Nc2nc(-c3ccc(OC)cc3)cs2)cc1. The molecular formula is C25H29N3O4S2. The summed E-state index contributed by atoms with van der Waals surface area (Å²) in [7, 11) is -1.91. The summed E-state index contributed by atoms with van der Waals surface area (Å²) in [6.07, 6.45) is 4.56. The number of nitrogens with zero attached hydrogens (tertiary/aromatic N) is 2. The molecule has 0 aliphatic heterocycles. The van der Waals surface area contributed by atoms with Gasteiger partial charge in [0.05, 0.1) is 17.7 Å². The van der Waals surface area contributed by atoms with Crippen LogP contribution >= 0.6 is 11.3 Å². The number of hydrogen-bond donors (Lipinski definition) is 1. The molecule has 0 atom stereocenters. The zero-order valence-corrected chi connectivity index (χ0v) is 21.2. The highest BCUT2D eigenvalue weighted by Crippen LogP contribution is 2.26. The van der Waals surface area contributed by atoms with Crippen LogP contribution in [0.15, 0.2) is 64.9 Å². The highest BCUT2D eigenvalue weighted by Gasteiger charge is 2.22. The first-order chi connectivity index (χ1) is 16.4. The molecule has 0 spiro atoms. The highest BCUT2D eigenvalue weighted by atomic mass is 32.2. The maximum Gasteiger partial charge on any atom is 0.250 e. The normalized spacial score (nSPS) is 11.8. The lowest BCUT2D eigenvalue weighted by atomic mass is 10.2. The molecule has 0 bridgehead atoms. The van der Waals surface area contributed by atoms with Gasteiger partial charge in [0, 0.05) is 30.1 Å². The van der Waals surface area contributed by atoms with Gasteiger partial charge in [-0.05, 0) is 60.9 Å². The van der Waals surface area contributed by atoms with Gasteiger partial charge in [0.1, 0.15) is 5.75 Å². The number of methoxy groups -OCH3 is 1. The van der Waals surface area contributed by atoms with Crippen LogP contribution in [-0.4, -0.2) is 43.8 Å². The molecule has 1 heterocycles. The Kier molecular flexibility index (Phi) is 8.98. The van der Waals surface area contributed by atoms with Crippen molar-refractivity contribution in [3.05, 3.63) is 65.6 Å². The maximum atomic E-state index is 12.9. The number of carbonyl (C=O) groups is 1. The smallest absolute Gasteiger partial charge is 0.250 e. The Balaban J connectivity index is 1.62. The summed E-state index contributed by atoms with van der Waals surface area (Å²) in [6, 6.07) is 14.1.